The summed E-state index contributed by atoms with van der Waals surface area (Å²) in [7, 11) is 0. The molecule has 0 aromatic carbocycles. The highest BCUT2D eigenvalue weighted by molar-refractivity contribution is 9.10. The molecule has 2 heterocycles. The Kier molecular flexibility index (Phi) is 4.31. The second-order valence-corrected chi connectivity index (χ2v) is 6.19. The number of rotatable bonds is 3. The summed E-state index contributed by atoms with van der Waals surface area (Å²) in [4.78, 5) is 6.89. The number of alkyl halides is 1. The smallest absolute Gasteiger partial charge is 0.133 e. The van der Waals surface area contributed by atoms with Gasteiger partial charge in [0.25, 0.3) is 0 Å². The van der Waals surface area contributed by atoms with Crippen LogP contribution in [-0.4, -0.2) is 18.1 Å². The molecule has 0 spiro atoms. The van der Waals surface area contributed by atoms with Crippen molar-refractivity contribution in [3.8, 4) is 0 Å². The SMILES string of the molecule is CC(C)C1CCN(c2ncc(Br)cc2CCl)C1. The molecule has 1 aromatic heterocycles. The van der Waals surface area contributed by atoms with Crippen molar-refractivity contribution in [1.82, 2.24) is 4.98 Å². The molecule has 0 aliphatic carbocycles. The number of hydrogen-bond donors (Lipinski definition) is 0. The molecule has 0 bridgehead atoms. The summed E-state index contributed by atoms with van der Waals surface area (Å²) < 4.78 is 0.997. The van der Waals surface area contributed by atoms with Gasteiger partial charge < -0.3 is 4.90 Å². The van der Waals surface area contributed by atoms with Crippen LogP contribution in [0.15, 0.2) is 16.7 Å². The van der Waals surface area contributed by atoms with Crippen LogP contribution < -0.4 is 4.90 Å². The predicted molar refractivity (Wildman–Crippen MR) is 76.7 cm³/mol. The summed E-state index contributed by atoms with van der Waals surface area (Å²) in [5.41, 5.74) is 1.12. The van der Waals surface area contributed by atoms with E-state index in [2.05, 4.69) is 45.7 Å². The average Bonchev–Trinajstić information content (AvgIpc) is 2.78. The summed E-state index contributed by atoms with van der Waals surface area (Å²) in [6.45, 7) is 6.80. The molecule has 4 heteroatoms. The van der Waals surface area contributed by atoms with E-state index < -0.39 is 0 Å². The van der Waals surface area contributed by atoms with E-state index in [-0.39, 0.29) is 0 Å². The molecular formula is C13H18BrClN2. The Hall–Kier alpha value is -0.280. The number of anilines is 1. The highest BCUT2D eigenvalue weighted by atomic mass is 79.9. The first-order chi connectivity index (χ1) is 8.11. The molecule has 2 rings (SSSR count). The van der Waals surface area contributed by atoms with E-state index in [1.807, 2.05) is 6.20 Å². The molecule has 1 aromatic rings. The maximum absolute atomic E-state index is 5.99. The van der Waals surface area contributed by atoms with Crippen LogP contribution in [0.25, 0.3) is 0 Å². The fourth-order valence-electron chi connectivity index (χ4n) is 2.38. The number of nitrogens with zero attached hydrogens (tertiary/aromatic N) is 2. The van der Waals surface area contributed by atoms with Gasteiger partial charge in [-0.3, -0.25) is 0 Å². The van der Waals surface area contributed by atoms with Gasteiger partial charge in [0.1, 0.15) is 5.82 Å². The Labute approximate surface area is 116 Å². The Bertz CT molecular complexity index is 395. The molecule has 0 amide bonds. The average molecular weight is 318 g/mol. The summed E-state index contributed by atoms with van der Waals surface area (Å²) in [6.07, 6.45) is 3.12. The van der Waals surface area contributed by atoms with Crippen molar-refractivity contribution in [2.24, 2.45) is 11.8 Å². The Morgan fingerprint density at radius 3 is 2.94 bits per heavy atom. The molecule has 17 heavy (non-hydrogen) atoms. The topological polar surface area (TPSA) is 16.1 Å². The van der Waals surface area contributed by atoms with E-state index in [1.165, 1.54) is 6.42 Å². The summed E-state index contributed by atoms with van der Waals surface area (Å²) in [5.74, 6) is 3.11. The molecule has 1 atom stereocenters. The molecule has 0 saturated carbocycles. The van der Waals surface area contributed by atoms with Gasteiger partial charge in [0.05, 0.1) is 5.88 Å². The van der Waals surface area contributed by atoms with E-state index in [4.69, 9.17) is 11.6 Å². The third-order valence-corrected chi connectivity index (χ3v) is 4.24. The zero-order chi connectivity index (χ0) is 12.4. The van der Waals surface area contributed by atoms with Gasteiger partial charge in [0.2, 0.25) is 0 Å². The minimum Gasteiger partial charge on any atom is -0.356 e. The monoisotopic (exact) mass is 316 g/mol. The lowest BCUT2D eigenvalue weighted by molar-refractivity contribution is 0.422. The van der Waals surface area contributed by atoms with E-state index in [1.54, 1.807) is 0 Å². The standard InChI is InChI=1S/C13H18BrClN2/c1-9(2)10-3-4-17(8-10)13-11(6-15)5-12(14)7-16-13/h5,7,9-10H,3-4,6,8H2,1-2H3. The van der Waals surface area contributed by atoms with Gasteiger partial charge in [-0.25, -0.2) is 4.98 Å². The fraction of sp³-hybridized carbons (Fsp3) is 0.615. The Morgan fingerprint density at radius 2 is 2.35 bits per heavy atom. The van der Waals surface area contributed by atoms with Gasteiger partial charge in [-0.15, -0.1) is 11.6 Å². The van der Waals surface area contributed by atoms with Crippen LogP contribution in [0.1, 0.15) is 25.8 Å². The van der Waals surface area contributed by atoms with Crippen molar-refractivity contribution in [3.05, 3.63) is 22.3 Å². The third-order valence-electron chi connectivity index (χ3n) is 3.52. The zero-order valence-corrected chi connectivity index (χ0v) is 12.6. The van der Waals surface area contributed by atoms with Crippen LogP contribution in [-0.2, 0) is 5.88 Å². The highest BCUT2D eigenvalue weighted by Gasteiger charge is 2.26. The normalized spacial score (nSPS) is 20.3. The van der Waals surface area contributed by atoms with Gasteiger partial charge in [0, 0.05) is 29.3 Å². The van der Waals surface area contributed by atoms with Crippen LogP contribution in [0.3, 0.4) is 0 Å². The molecule has 1 fully saturated rings. The fourth-order valence-corrected chi connectivity index (χ4v) is 2.96. The van der Waals surface area contributed by atoms with Gasteiger partial charge in [-0.2, -0.15) is 0 Å². The minimum atomic E-state index is 0.518. The zero-order valence-electron chi connectivity index (χ0n) is 10.3. The molecule has 0 N–H and O–H groups in total. The van der Waals surface area contributed by atoms with Crippen molar-refractivity contribution >= 4 is 33.3 Å². The summed E-state index contributed by atoms with van der Waals surface area (Å²) in [5, 5.41) is 0. The summed E-state index contributed by atoms with van der Waals surface area (Å²) in [6, 6.07) is 2.07. The maximum Gasteiger partial charge on any atom is 0.133 e. The van der Waals surface area contributed by atoms with E-state index in [0.717, 1.165) is 40.8 Å². The molecule has 0 radical (unpaired) electrons. The lowest BCUT2D eigenvalue weighted by atomic mass is 9.95. The number of aromatic nitrogens is 1. The van der Waals surface area contributed by atoms with Crippen LogP contribution >= 0.6 is 27.5 Å². The van der Waals surface area contributed by atoms with Crippen LogP contribution in [0.4, 0.5) is 5.82 Å². The quantitative estimate of drug-likeness (QED) is 0.781. The molecule has 1 aliphatic heterocycles. The van der Waals surface area contributed by atoms with Crippen molar-refractivity contribution in [3.63, 3.8) is 0 Å². The predicted octanol–water partition coefficient (Wildman–Crippen LogP) is 4.07. The minimum absolute atomic E-state index is 0.518. The molecular weight excluding hydrogens is 300 g/mol. The van der Waals surface area contributed by atoms with Gasteiger partial charge >= 0.3 is 0 Å². The first-order valence-corrected chi connectivity index (χ1v) is 7.40. The van der Waals surface area contributed by atoms with Gasteiger partial charge in [0.15, 0.2) is 0 Å². The van der Waals surface area contributed by atoms with Gasteiger partial charge in [-0.1, -0.05) is 13.8 Å². The number of pyridine rings is 1. The summed E-state index contributed by atoms with van der Waals surface area (Å²) >= 11 is 9.44. The van der Waals surface area contributed by atoms with E-state index >= 15 is 0 Å². The van der Waals surface area contributed by atoms with Gasteiger partial charge in [-0.05, 0) is 40.3 Å². The maximum atomic E-state index is 5.99. The van der Waals surface area contributed by atoms with Crippen LogP contribution in [0, 0.1) is 11.8 Å². The lowest BCUT2D eigenvalue weighted by Gasteiger charge is -2.21. The molecule has 2 nitrogen and oxygen atoms in total. The molecule has 1 unspecified atom stereocenters. The Morgan fingerprint density at radius 1 is 1.59 bits per heavy atom. The third kappa shape index (κ3) is 2.94. The van der Waals surface area contributed by atoms with Crippen LogP contribution in [0.2, 0.25) is 0 Å². The van der Waals surface area contributed by atoms with E-state index in [9.17, 15) is 0 Å². The largest absolute Gasteiger partial charge is 0.356 e. The molecule has 1 saturated heterocycles. The number of halogens is 2. The second-order valence-electron chi connectivity index (χ2n) is 5.01. The number of hydrogen-bond acceptors (Lipinski definition) is 2. The van der Waals surface area contributed by atoms with Crippen molar-refractivity contribution in [1.29, 1.82) is 0 Å². The lowest BCUT2D eigenvalue weighted by Crippen LogP contribution is -2.23. The highest BCUT2D eigenvalue weighted by Crippen LogP contribution is 2.30. The first kappa shape index (κ1) is 13.2. The molecule has 1 aliphatic rings. The second kappa shape index (κ2) is 5.57. The van der Waals surface area contributed by atoms with Crippen molar-refractivity contribution in [2.45, 2.75) is 26.1 Å². The van der Waals surface area contributed by atoms with Crippen molar-refractivity contribution in [2.75, 3.05) is 18.0 Å². The van der Waals surface area contributed by atoms with E-state index in [0.29, 0.717) is 5.88 Å². The Balaban J connectivity index is 2.18. The van der Waals surface area contributed by atoms with Crippen molar-refractivity contribution < 1.29 is 0 Å². The van der Waals surface area contributed by atoms with Crippen LogP contribution in [0.5, 0.6) is 0 Å². The first-order valence-electron chi connectivity index (χ1n) is 6.07. The molecule has 94 valence electrons.